The summed E-state index contributed by atoms with van der Waals surface area (Å²) in [5.41, 5.74) is 4.08. The molecule has 3 aromatic rings. The van der Waals surface area contributed by atoms with E-state index in [-0.39, 0.29) is 11.8 Å². The zero-order valence-corrected chi connectivity index (χ0v) is 20.1. The van der Waals surface area contributed by atoms with Gasteiger partial charge in [0.15, 0.2) is 5.16 Å². The Bertz CT molecular complexity index is 1120. The van der Waals surface area contributed by atoms with E-state index < -0.39 is 0 Å². The molecule has 7 nitrogen and oxygen atoms in total. The number of nitrogens with one attached hydrogen (secondary N) is 1. The van der Waals surface area contributed by atoms with Gasteiger partial charge >= 0.3 is 0 Å². The molecule has 0 atom stereocenters. The maximum absolute atomic E-state index is 12.8. The maximum Gasteiger partial charge on any atom is 0.238 e. The van der Waals surface area contributed by atoms with Crippen LogP contribution in [0.2, 0.25) is 0 Å². The van der Waals surface area contributed by atoms with Crippen molar-refractivity contribution >= 4 is 40.3 Å². The summed E-state index contributed by atoms with van der Waals surface area (Å²) in [6.07, 6.45) is 0.879. The third-order valence-electron chi connectivity index (χ3n) is 6.03. The fraction of sp³-hybridized carbons (Fsp3) is 0.400. The van der Waals surface area contributed by atoms with Crippen LogP contribution in [0.15, 0.2) is 53.7 Å². The minimum absolute atomic E-state index is 0.00954. The lowest BCUT2D eigenvalue weighted by Crippen LogP contribution is -2.50. The first-order valence-corrected chi connectivity index (χ1v) is 12.5. The van der Waals surface area contributed by atoms with Gasteiger partial charge in [0, 0.05) is 38.4 Å². The van der Waals surface area contributed by atoms with Crippen molar-refractivity contribution in [3.05, 3.63) is 54.1 Å². The third kappa shape index (κ3) is 5.57. The number of nitrogens with zero attached hydrogens (tertiary/aromatic N) is 4. The number of aromatic nitrogens is 2. The molecule has 33 heavy (non-hydrogen) atoms. The summed E-state index contributed by atoms with van der Waals surface area (Å²) in [4.78, 5) is 34.0. The second-order valence-corrected chi connectivity index (χ2v) is 9.07. The van der Waals surface area contributed by atoms with Crippen LogP contribution in [0.4, 0.5) is 5.69 Å². The number of anilines is 1. The summed E-state index contributed by atoms with van der Waals surface area (Å²) in [5.74, 6) is 0.484. The fourth-order valence-corrected chi connectivity index (χ4v) is 5.17. The molecule has 1 aliphatic rings. The van der Waals surface area contributed by atoms with Crippen LogP contribution in [-0.4, -0.2) is 69.6 Å². The number of imidazole rings is 1. The minimum Gasteiger partial charge on any atom is -0.339 e. The van der Waals surface area contributed by atoms with Crippen LogP contribution in [0.5, 0.6) is 0 Å². The van der Waals surface area contributed by atoms with Crippen molar-refractivity contribution in [2.24, 2.45) is 0 Å². The summed E-state index contributed by atoms with van der Waals surface area (Å²) >= 11 is 1.50. The van der Waals surface area contributed by atoms with Crippen LogP contribution in [-0.2, 0) is 22.6 Å². The largest absolute Gasteiger partial charge is 0.339 e. The minimum atomic E-state index is -0.00954. The number of hydrogen-bond acceptors (Lipinski definition) is 5. The van der Waals surface area contributed by atoms with E-state index in [4.69, 9.17) is 4.98 Å². The Kier molecular flexibility index (Phi) is 7.67. The Hall–Kier alpha value is -2.84. The first-order valence-electron chi connectivity index (χ1n) is 11.5. The molecular weight excluding hydrogens is 434 g/mol. The SMILES string of the molecule is CCc1ccccc1NC(=O)CN1CCN(C(=O)CSc2nc3ccccc3n2CC)CC1. The topological polar surface area (TPSA) is 70.5 Å². The van der Waals surface area contributed by atoms with Crippen molar-refractivity contribution in [2.75, 3.05) is 43.8 Å². The smallest absolute Gasteiger partial charge is 0.238 e. The van der Waals surface area contributed by atoms with Crippen molar-refractivity contribution in [1.29, 1.82) is 0 Å². The molecule has 2 aromatic carbocycles. The van der Waals surface area contributed by atoms with E-state index in [0.717, 1.165) is 40.4 Å². The molecule has 0 radical (unpaired) electrons. The molecule has 0 unspecified atom stereocenters. The van der Waals surface area contributed by atoms with E-state index in [0.29, 0.717) is 38.5 Å². The van der Waals surface area contributed by atoms with Gasteiger partial charge in [-0.1, -0.05) is 49.0 Å². The highest BCUT2D eigenvalue weighted by molar-refractivity contribution is 7.99. The zero-order valence-electron chi connectivity index (χ0n) is 19.3. The number of fused-ring (bicyclic) bond motifs is 1. The van der Waals surface area contributed by atoms with Crippen LogP contribution < -0.4 is 5.32 Å². The van der Waals surface area contributed by atoms with E-state index in [1.165, 1.54) is 11.8 Å². The Morgan fingerprint density at radius 3 is 2.48 bits per heavy atom. The van der Waals surface area contributed by atoms with Crippen molar-refractivity contribution < 1.29 is 9.59 Å². The number of aryl methyl sites for hydroxylation is 2. The Balaban J connectivity index is 1.25. The highest BCUT2D eigenvalue weighted by atomic mass is 32.2. The lowest BCUT2D eigenvalue weighted by Gasteiger charge is -2.34. The highest BCUT2D eigenvalue weighted by Gasteiger charge is 2.23. The average Bonchev–Trinajstić information content (AvgIpc) is 3.20. The van der Waals surface area contributed by atoms with Gasteiger partial charge in [0.05, 0.1) is 23.3 Å². The summed E-state index contributed by atoms with van der Waals surface area (Å²) < 4.78 is 2.15. The molecule has 8 heteroatoms. The van der Waals surface area contributed by atoms with Gasteiger partial charge in [-0.25, -0.2) is 4.98 Å². The molecule has 0 saturated carbocycles. The van der Waals surface area contributed by atoms with Gasteiger partial charge in [0.25, 0.3) is 0 Å². The zero-order chi connectivity index (χ0) is 23.2. The number of carbonyl (C=O) groups is 2. The summed E-state index contributed by atoms with van der Waals surface area (Å²) in [5, 5.41) is 3.91. The van der Waals surface area contributed by atoms with Crippen LogP contribution in [0.3, 0.4) is 0 Å². The fourth-order valence-electron chi connectivity index (χ4n) is 4.19. The van der Waals surface area contributed by atoms with E-state index in [9.17, 15) is 9.59 Å². The summed E-state index contributed by atoms with van der Waals surface area (Å²) in [6, 6.07) is 16.0. The highest BCUT2D eigenvalue weighted by Crippen LogP contribution is 2.24. The van der Waals surface area contributed by atoms with Crippen LogP contribution >= 0.6 is 11.8 Å². The molecule has 0 aliphatic carbocycles. The lowest BCUT2D eigenvalue weighted by molar-refractivity contribution is -0.130. The molecule has 2 heterocycles. The molecule has 1 fully saturated rings. The quantitative estimate of drug-likeness (QED) is 0.516. The van der Waals surface area contributed by atoms with Crippen LogP contribution in [0, 0.1) is 0 Å². The van der Waals surface area contributed by atoms with Crippen molar-refractivity contribution in [3.63, 3.8) is 0 Å². The second kappa shape index (κ2) is 10.9. The van der Waals surface area contributed by atoms with E-state index in [1.54, 1.807) is 0 Å². The Morgan fingerprint density at radius 1 is 1.00 bits per heavy atom. The van der Waals surface area contributed by atoms with Crippen molar-refractivity contribution in [1.82, 2.24) is 19.4 Å². The number of para-hydroxylation sites is 3. The molecule has 0 spiro atoms. The molecule has 1 aliphatic heterocycles. The standard InChI is InChI=1S/C25H31N5O2S/c1-3-19-9-5-6-10-20(19)26-23(31)17-28-13-15-29(16-14-28)24(32)18-33-25-27-21-11-7-8-12-22(21)30(25)4-2/h5-12H,3-4,13-18H2,1-2H3,(H,26,31). The van der Waals surface area contributed by atoms with E-state index in [2.05, 4.69) is 34.7 Å². The Labute approximate surface area is 199 Å². The molecule has 2 amide bonds. The lowest BCUT2D eigenvalue weighted by atomic mass is 10.1. The molecule has 1 N–H and O–H groups in total. The molecule has 1 saturated heterocycles. The molecule has 0 bridgehead atoms. The predicted molar refractivity (Wildman–Crippen MR) is 134 cm³/mol. The summed E-state index contributed by atoms with van der Waals surface area (Å²) in [7, 11) is 0. The number of piperazine rings is 1. The predicted octanol–water partition coefficient (Wildman–Crippen LogP) is 3.49. The average molecular weight is 466 g/mol. The number of carbonyl (C=O) groups excluding carboxylic acids is 2. The number of benzene rings is 2. The van der Waals surface area contributed by atoms with Gasteiger partial charge in [-0.2, -0.15) is 0 Å². The van der Waals surface area contributed by atoms with Gasteiger partial charge < -0.3 is 14.8 Å². The number of rotatable bonds is 8. The van der Waals surface area contributed by atoms with Gasteiger partial charge in [-0.15, -0.1) is 0 Å². The van der Waals surface area contributed by atoms with Gasteiger partial charge in [-0.3, -0.25) is 14.5 Å². The molecular formula is C25H31N5O2S. The third-order valence-corrected chi connectivity index (χ3v) is 6.99. The Morgan fingerprint density at radius 2 is 1.73 bits per heavy atom. The van der Waals surface area contributed by atoms with E-state index in [1.807, 2.05) is 47.4 Å². The molecule has 1 aromatic heterocycles. The number of amides is 2. The monoisotopic (exact) mass is 465 g/mol. The number of thioether (sulfide) groups is 1. The second-order valence-electron chi connectivity index (χ2n) is 8.13. The normalized spacial score (nSPS) is 14.5. The molecule has 4 rings (SSSR count). The van der Waals surface area contributed by atoms with Gasteiger partial charge in [-0.05, 0) is 37.1 Å². The van der Waals surface area contributed by atoms with Gasteiger partial charge in [0.2, 0.25) is 11.8 Å². The first kappa shape index (κ1) is 23.3. The van der Waals surface area contributed by atoms with Crippen molar-refractivity contribution in [3.8, 4) is 0 Å². The van der Waals surface area contributed by atoms with Gasteiger partial charge in [0.1, 0.15) is 0 Å². The summed E-state index contributed by atoms with van der Waals surface area (Å²) in [6.45, 7) is 8.02. The molecule has 174 valence electrons. The maximum atomic E-state index is 12.8. The van der Waals surface area contributed by atoms with E-state index >= 15 is 0 Å². The van der Waals surface area contributed by atoms with Crippen LogP contribution in [0.25, 0.3) is 11.0 Å². The van der Waals surface area contributed by atoms with Crippen LogP contribution in [0.1, 0.15) is 19.4 Å². The van der Waals surface area contributed by atoms with Crippen molar-refractivity contribution in [2.45, 2.75) is 32.0 Å². The number of hydrogen-bond donors (Lipinski definition) is 1. The first-order chi connectivity index (χ1) is 16.1.